The van der Waals surface area contributed by atoms with Crippen LogP contribution in [0.15, 0.2) is 12.1 Å². The summed E-state index contributed by atoms with van der Waals surface area (Å²) < 4.78 is 13.7. The van der Waals surface area contributed by atoms with E-state index in [9.17, 15) is 23.6 Å². The Balaban J connectivity index is 1.93. The van der Waals surface area contributed by atoms with Gasteiger partial charge in [-0.3, -0.25) is 19.7 Å². The van der Waals surface area contributed by atoms with Gasteiger partial charge >= 0.3 is 5.97 Å². The zero-order chi connectivity index (χ0) is 16.0. The van der Waals surface area contributed by atoms with E-state index in [2.05, 4.69) is 5.32 Å². The number of nitrogens with zero attached hydrogens (tertiary/aromatic N) is 1. The molecule has 1 unspecified atom stereocenters. The second kappa shape index (κ2) is 4.90. The first-order chi connectivity index (χ1) is 10.4. The first-order valence-electron chi connectivity index (χ1n) is 6.59. The largest absolute Gasteiger partial charge is 0.478 e. The van der Waals surface area contributed by atoms with Crippen molar-refractivity contribution in [3.8, 4) is 0 Å². The molecule has 0 saturated carbocycles. The molecule has 1 saturated heterocycles. The molecule has 2 heterocycles. The lowest BCUT2D eigenvalue weighted by Crippen LogP contribution is -2.52. The number of hydrogen-bond donors (Lipinski definition) is 2. The predicted octanol–water partition coefficient (Wildman–Crippen LogP) is 0.285. The molecular formula is C14H11FN2O5. The maximum absolute atomic E-state index is 13.7. The second-order valence-corrected chi connectivity index (χ2v) is 5.19. The van der Waals surface area contributed by atoms with Gasteiger partial charge in [0.15, 0.2) is 0 Å². The minimum atomic E-state index is -1.42. The molecule has 1 aromatic carbocycles. The van der Waals surface area contributed by atoms with Gasteiger partial charge in [-0.2, -0.15) is 0 Å². The number of carbonyl (C=O) groups excluding carboxylic acids is 3. The Morgan fingerprint density at radius 3 is 2.68 bits per heavy atom. The number of hydrogen-bond acceptors (Lipinski definition) is 4. The number of fused-ring (bicyclic) bond motifs is 1. The van der Waals surface area contributed by atoms with E-state index in [-0.39, 0.29) is 24.9 Å². The molecule has 0 aliphatic carbocycles. The zero-order valence-electron chi connectivity index (χ0n) is 11.3. The molecule has 2 N–H and O–H groups in total. The lowest BCUT2D eigenvalue weighted by molar-refractivity contribution is -0.136. The monoisotopic (exact) mass is 306 g/mol. The minimum absolute atomic E-state index is 0.0149. The van der Waals surface area contributed by atoms with Gasteiger partial charge in [-0.1, -0.05) is 0 Å². The molecule has 22 heavy (non-hydrogen) atoms. The molecule has 114 valence electrons. The van der Waals surface area contributed by atoms with E-state index in [1.165, 1.54) is 4.90 Å². The van der Waals surface area contributed by atoms with Crippen LogP contribution in [0.4, 0.5) is 4.39 Å². The van der Waals surface area contributed by atoms with Gasteiger partial charge in [0.05, 0.1) is 5.56 Å². The molecule has 2 aliphatic heterocycles. The van der Waals surface area contributed by atoms with Crippen LogP contribution in [0.2, 0.25) is 0 Å². The van der Waals surface area contributed by atoms with Crippen LogP contribution in [-0.2, 0) is 16.1 Å². The topological polar surface area (TPSA) is 104 Å². The van der Waals surface area contributed by atoms with E-state index < -0.39 is 41.1 Å². The van der Waals surface area contributed by atoms with Crippen molar-refractivity contribution in [1.82, 2.24) is 10.2 Å². The Labute approximate surface area is 123 Å². The number of nitrogens with one attached hydrogen (secondary N) is 1. The summed E-state index contributed by atoms with van der Waals surface area (Å²) in [6.07, 6.45) is 0.309. The summed E-state index contributed by atoms with van der Waals surface area (Å²) in [4.78, 5) is 47.5. The van der Waals surface area contributed by atoms with E-state index in [1.54, 1.807) is 0 Å². The van der Waals surface area contributed by atoms with Crippen LogP contribution >= 0.6 is 0 Å². The van der Waals surface area contributed by atoms with Crippen LogP contribution in [0.3, 0.4) is 0 Å². The maximum atomic E-state index is 13.7. The Bertz CT molecular complexity index is 730. The van der Waals surface area contributed by atoms with Gasteiger partial charge < -0.3 is 10.0 Å². The van der Waals surface area contributed by atoms with Gasteiger partial charge in [0.25, 0.3) is 5.91 Å². The Morgan fingerprint density at radius 1 is 1.32 bits per heavy atom. The van der Waals surface area contributed by atoms with Crippen molar-refractivity contribution in [2.45, 2.75) is 25.4 Å². The summed E-state index contributed by atoms with van der Waals surface area (Å²) in [7, 11) is 0. The van der Waals surface area contributed by atoms with Crippen LogP contribution in [0.25, 0.3) is 0 Å². The average Bonchev–Trinajstić information content (AvgIpc) is 2.75. The molecule has 0 radical (unpaired) electrons. The number of carbonyl (C=O) groups is 4. The van der Waals surface area contributed by atoms with Crippen LogP contribution in [0.1, 0.15) is 39.1 Å². The third kappa shape index (κ3) is 2.12. The fourth-order valence-electron chi connectivity index (χ4n) is 2.75. The number of halogens is 1. The molecule has 8 heteroatoms. The molecule has 1 atom stereocenters. The molecule has 3 rings (SSSR count). The van der Waals surface area contributed by atoms with Crippen molar-refractivity contribution < 1.29 is 28.7 Å². The number of amides is 3. The lowest BCUT2D eigenvalue weighted by atomic mass is 10.0. The van der Waals surface area contributed by atoms with E-state index in [0.29, 0.717) is 5.56 Å². The Hall–Kier alpha value is -2.77. The SMILES string of the molecule is O=C1CCC(N2Cc3cc(C(=O)O)c(F)cc3C2=O)C(=O)N1. The number of piperidine rings is 1. The highest BCUT2D eigenvalue weighted by atomic mass is 19.1. The van der Waals surface area contributed by atoms with Gasteiger partial charge in [0.1, 0.15) is 11.9 Å². The standard InChI is InChI=1S/C14H11FN2O5/c15-9-4-7-6(3-8(9)14(21)22)5-17(13(7)20)10-1-2-11(18)16-12(10)19/h3-4,10H,1-2,5H2,(H,21,22)(H,16,18,19). The van der Waals surface area contributed by atoms with Crippen molar-refractivity contribution in [2.24, 2.45) is 0 Å². The van der Waals surface area contributed by atoms with Gasteiger partial charge in [-0.15, -0.1) is 0 Å². The van der Waals surface area contributed by atoms with Crippen molar-refractivity contribution in [1.29, 1.82) is 0 Å². The number of rotatable bonds is 2. The fourth-order valence-corrected chi connectivity index (χ4v) is 2.75. The predicted molar refractivity (Wildman–Crippen MR) is 69.4 cm³/mol. The molecule has 2 aliphatic rings. The number of aromatic carboxylic acids is 1. The summed E-state index contributed by atoms with van der Waals surface area (Å²) in [5.41, 5.74) is -0.114. The summed E-state index contributed by atoms with van der Waals surface area (Å²) >= 11 is 0. The lowest BCUT2D eigenvalue weighted by Gasteiger charge is -2.29. The van der Waals surface area contributed by atoms with Crippen LogP contribution in [0.5, 0.6) is 0 Å². The third-order valence-corrected chi connectivity index (χ3v) is 3.84. The van der Waals surface area contributed by atoms with Crippen molar-refractivity contribution in [2.75, 3.05) is 0 Å². The summed E-state index contributed by atoms with van der Waals surface area (Å²) in [5.74, 6) is -3.93. The summed E-state index contributed by atoms with van der Waals surface area (Å²) in [6.45, 7) is 0.0149. The average molecular weight is 306 g/mol. The van der Waals surface area contributed by atoms with Gasteiger partial charge in [-0.05, 0) is 24.1 Å². The van der Waals surface area contributed by atoms with Gasteiger partial charge in [0, 0.05) is 18.5 Å². The molecule has 1 fully saturated rings. The van der Waals surface area contributed by atoms with Crippen LogP contribution in [-0.4, -0.2) is 39.7 Å². The maximum Gasteiger partial charge on any atom is 0.338 e. The van der Waals surface area contributed by atoms with Crippen molar-refractivity contribution in [3.63, 3.8) is 0 Å². The first-order valence-corrected chi connectivity index (χ1v) is 6.59. The smallest absolute Gasteiger partial charge is 0.338 e. The minimum Gasteiger partial charge on any atom is -0.478 e. The van der Waals surface area contributed by atoms with Gasteiger partial charge in [-0.25, -0.2) is 9.18 Å². The quantitative estimate of drug-likeness (QED) is 0.764. The summed E-state index contributed by atoms with van der Waals surface area (Å²) in [6, 6.07) is 1.18. The van der Waals surface area contributed by atoms with Gasteiger partial charge in [0.2, 0.25) is 11.8 Å². The summed E-state index contributed by atoms with van der Waals surface area (Å²) in [5, 5.41) is 11.1. The second-order valence-electron chi connectivity index (χ2n) is 5.19. The molecule has 0 aromatic heterocycles. The molecule has 0 bridgehead atoms. The zero-order valence-corrected chi connectivity index (χ0v) is 11.3. The molecule has 0 spiro atoms. The number of imide groups is 1. The Morgan fingerprint density at radius 2 is 2.05 bits per heavy atom. The molecule has 3 amide bonds. The fraction of sp³-hybridized carbons (Fsp3) is 0.286. The third-order valence-electron chi connectivity index (χ3n) is 3.84. The first kappa shape index (κ1) is 14.2. The van der Waals surface area contributed by atoms with Crippen molar-refractivity contribution >= 4 is 23.7 Å². The number of carboxylic acid groups (broad SMARTS) is 1. The highest BCUT2D eigenvalue weighted by Crippen LogP contribution is 2.29. The molecule has 1 aromatic rings. The van der Waals surface area contributed by atoms with E-state index >= 15 is 0 Å². The number of benzene rings is 1. The van der Waals surface area contributed by atoms with Crippen LogP contribution < -0.4 is 5.32 Å². The normalized spacial score (nSPS) is 20.9. The van der Waals surface area contributed by atoms with Crippen molar-refractivity contribution in [3.05, 3.63) is 34.6 Å². The van der Waals surface area contributed by atoms with Crippen LogP contribution in [0, 0.1) is 5.82 Å². The highest BCUT2D eigenvalue weighted by molar-refractivity contribution is 6.05. The van der Waals surface area contributed by atoms with E-state index in [1.807, 2.05) is 0 Å². The number of carboxylic acids is 1. The molecular weight excluding hydrogens is 295 g/mol. The Kier molecular flexibility index (Phi) is 3.16. The highest BCUT2D eigenvalue weighted by Gasteiger charge is 2.39. The molecule has 7 nitrogen and oxygen atoms in total. The van der Waals surface area contributed by atoms with E-state index in [0.717, 1.165) is 12.1 Å². The van der Waals surface area contributed by atoms with E-state index in [4.69, 9.17) is 5.11 Å².